The van der Waals surface area contributed by atoms with E-state index in [9.17, 15) is 9.59 Å². The van der Waals surface area contributed by atoms with Crippen molar-refractivity contribution in [3.63, 3.8) is 0 Å². The molecule has 298 valence electrons. The zero-order valence-corrected chi connectivity index (χ0v) is 31.6. The first-order valence-electron chi connectivity index (χ1n) is 19.1. The summed E-state index contributed by atoms with van der Waals surface area (Å²) in [5.41, 5.74) is 0. The lowest BCUT2D eigenvalue weighted by atomic mass is 10.0. The zero-order valence-electron chi connectivity index (χ0n) is 31.6. The van der Waals surface area contributed by atoms with Crippen molar-refractivity contribution in [2.75, 3.05) is 133 Å². The van der Waals surface area contributed by atoms with Gasteiger partial charge in [0.15, 0.2) is 0 Å². The largest absolute Gasteiger partial charge is 0.467 e. The molecule has 0 aliphatic rings. The van der Waals surface area contributed by atoms with E-state index in [1.54, 1.807) is 0 Å². The van der Waals surface area contributed by atoms with Crippen LogP contribution in [0.1, 0.15) is 96.8 Å². The van der Waals surface area contributed by atoms with Crippen LogP contribution in [0.25, 0.3) is 0 Å². The van der Waals surface area contributed by atoms with E-state index >= 15 is 0 Å². The maximum absolute atomic E-state index is 11.9. The molecule has 0 saturated carbocycles. The van der Waals surface area contributed by atoms with E-state index < -0.39 is 5.97 Å². The van der Waals surface area contributed by atoms with Crippen LogP contribution in [0.3, 0.4) is 0 Å². The highest BCUT2D eigenvalue weighted by Gasteiger charge is 2.03. The number of hydrogen-bond acceptors (Lipinski definition) is 13. The summed E-state index contributed by atoms with van der Waals surface area (Å²) in [5, 5.41) is 0. The number of carbonyl (C=O) groups is 2. The summed E-state index contributed by atoms with van der Waals surface area (Å²) in [6.45, 7) is 10.2. The third kappa shape index (κ3) is 42.7. The van der Waals surface area contributed by atoms with Crippen molar-refractivity contribution in [2.45, 2.75) is 96.8 Å². The Morgan fingerprint density at radius 3 is 0.940 bits per heavy atom. The van der Waals surface area contributed by atoms with Gasteiger partial charge >= 0.3 is 11.9 Å². The fourth-order valence-corrected chi connectivity index (χ4v) is 4.55. The topological polar surface area (TPSA) is 136 Å². The molecule has 0 N–H and O–H groups in total. The van der Waals surface area contributed by atoms with Crippen LogP contribution in [0.2, 0.25) is 0 Å². The number of hydrogen-bond donors (Lipinski definition) is 0. The van der Waals surface area contributed by atoms with E-state index in [2.05, 4.69) is 11.7 Å². The lowest BCUT2D eigenvalue weighted by molar-refractivity contribution is -0.146. The van der Waals surface area contributed by atoms with Gasteiger partial charge in [-0.25, -0.2) is 4.79 Å². The first-order chi connectivity index (χ1) is 24.7. The van der Waals surface area contributed by atoms with Crippen molar-refractivity contribution in [1.29, 1.82) is 0 Å². The highest BCUT2D eigenvalue weighted by molar-refractivity contribution is 5.70. The van der Waals surface area contributed by atoms with Crippen LogP contribution < -0.4 is 0 Å². The van der Waals surface area contributed by atoms with Crippen molar-refractivity contribution < 1.29 is 61.7 Å². The molecule has 13 heteroatoms. The molecule has 50 heavy (non-hydrogen) atoms. The van der Waals surface area contributed by atoms with Crippen molar-refractivity contribution >= 4 is 11.9 Å². The van der Waals surface area contributed by atoms with Crippen molar-refractivity contribution in [3.05, 3.63) is 0 Å². The number of carbonyl (C=O) groups excluding carboxylic acids is 2. The minimum Gasteiger partial charge on any atom is -0.467 e. The van der Waals surface area contributed by atoms with Gasteiger partial charge in [-0.2, -0.15) is 0 Å². The van der Waals surface area contributed by atoms with Gasteiger partial charge in [0.05, 0.1) is 119 Å². The lowest BCUT2D eigenvalue weighted by Gasteiger charge is -2.09. The Kier molecular flexibility index (Phi) is 42.5. The maximum Gasteiger partial charge on any atom is 0.331 e. The molecule has 0 fully saturated rings. The molecule has 0 saturated heterocycles. The number of unbranched alkanes of at least 4 members (excludes halogenated alkanes) is 12. The monoisotopic (exact) mass is 724 g/mol. The van der Waals surface area contributed by atoms with Gasteiger partial charge in [0.2, 0.25) is 0 Å². The molecule has 0 heterocycles. The van der Waals surface area contributed by atoms with Gasteiger partial charge in [-0.15, -0.1) is 0 Å². The lowest BCUT2D eigenvalue weighted by Crippen LogP contribution is -2.16. The summed E-state index contributed by atoms with van der Waals surface area (Å²) in [4.78, 5) is 22.7. The van der Waals surface area contributed by atoms with Crippen molar-refractivity contribution in [2.24, 2.45) is 0 Å². The molecule has 13 nitrogen and oxygen atoms in total. The molecular weight excluding hydrogens is 652 g/mol. The minimum atomic E-state index is -0.408. The van der Waals surface area contributed by atoms with Gasteiger partial charge in [0.1, 0.15) is 13.2 Å². The van der Waals surface area contributed by atoms with E-state index in [4.69, 9.17) is 47.4 Å². The molecule has 0 aromatic heterocycles. The molecule has 0 amide bonds. The summed E-state index contributed by atoms with van der Waals surface area (Å²) in [7, 11) is 1.32. The van der Waals surface area contributed by atoms with E-state index in [-0.39, 0.29) is 19.2 Å². The molecule has 0 bridgehead atoms. The second-order valence-corrected chi connectivity index (χ2v) is 11.7. The first kappa shape index (κ1) is 48.6. The molecule has 0 rings (SSSR count). The smallest absolute Gasteiger partial charge is 0.331 e. The van der Waals surface area contributed by atoms with E-state index in [1.807, 2.05) is 0 Å². The normalized spacial score (nSPS) is 11.3. The predicted molar refractivity (Wildman–Crippen MR) is 191 cm³/mol. The Hall–Kier alpha value is -1.42. The predicted octanol–water partition coefficient (Wildman–Crippen LogP) is 5.33. The summed E-state index contributed by atoms with van der Waals surface area (Å²) in [5.74, 6) is -0.544. The standard InChI is InChI=1S/C37H72O13/c1-3-4-5-6-7-8-9-10-11-12-13-14-15-16-36(38)50-34-33-48-30-29-46-26-25-44-22-21-42-18-17-41-19-20-43-23-24-45-27-28-47-31-32-49-35-37(39)40-2/h3-35H2,1-2H3. The average molecular weight is 725 g/mol. The number of esters is 2. The Labute approximate surface area is 302 Å². The Balaban J connectivity index is 3.13. The highest BCUT2D eigenvalue weighted by Crippen LogP contribution is 2.13. The van der Waals surface area contributed by atoms with Gasteiger partial charge in [-0.1, -0.05) is 84.0 Å². The Morgan fingerprint density at radius 1 is 0.340 bits per heavy atom. The summed E-state index contributed by atoms with van der Waals surface area (Å²) in [6.07, 6.45) is 17.3. The second-order valence-electron chi connectivity index (χ2n) is 11.7. The second kappa shape index (κ2) is 43.7. The van der Waals surface area contributed by atoms with Gasteiger partial charge in [0, 0.05) is 6.42 Å². The van der Waals surface area contributed by atoms with Gasteiger partial charge in [0.25, 0.3) is 0 Å². The van der Waals surface area contributed by atoms with Crippen LogP contribution in [0.5, 0.6) is 0 Å². The summed E-state index contributed by atoms with van der Waals surface area (Å²) >= 11 is 0. The third-order valence-electron chi connectivity index (χ3n) is 7.40. The molecule has 0 aromatic carbocycles. The zero-order chi connectivity index (χ0) is 36.3. The molecule has 0 spiro atoms. The van der Waals surface area contributed by atoms with E-state index in [0.717, 1.165) is 12.8 Å². The highest BCUT2D eigenvalue weighted by atomic mass is 16.6. The number of rotatable bonds is 43. The van der Waals surface area contributed by atoms with Crippen LogP contribution in [0.4, 0.5) is 0 Å². The number of ether oxygens (including phenoxy) is 11. The maximum atomic E-state index is 11.9. The van der Waals surface area contributed by atoms with Crippen LogP contribution in [0.15, 0.2) is 0 Å². The Morgan fingerprint density at radius 2 is 0.620 bits per heavy atom. The molecule has 0 atom stereocenters. The molecule has 0 aliphatic carbocycles. The molecule has 0 aliphatic heterocycles. The SMILES string of the molecule is CCCCCCCCCCCCCCCC(=O)OCCOCCOCCOCCOCCOCCOCCOCCOCCOCC(=O)OC. The molecule has 0 radical (unpaired) electrons. The first-order valence-corrected chi connectivity index (χ1v) is 19.1. The van der Waals surface area contributed by atoms with Gasteiger partial charge < -0.3 is 52.1 Å². The van der Waals surface area contributed by atoms with Crippen LogP contribution >= 0.6 is 0 Å². The molecule has 0 unspecified atom stereocenters. The molecular formula is C37H72O13. The van der Waals surface area contributed by atoms with Crippen molar-refractivity contribution in [1.82, 2.24) is 0 Å². The quantitative estimate of drug-likeness (QED) is 0.0593. The van der Waals surface area contributed by atoms with E-state index in [0.29, 0.717) is 119 Å². The minimum absolute atomic E-state index is 0.0714. The van der Waals surface area contributed by atoms with Gasteiger partial charge in [-0.05, 0) is 6.42 Å². The van der Waals surface area contributed by atoms with Crippen LogP contribution in [-0.4, -0.2) is 145 Å². The fourth-order valence-electron chi connectivity index (χ4n) is 4.55. The molecule has 0 aromatic rings. The van der Waals surface area contributed by atoms with Crippen LogP contribution in [-0.2, 0) is 61.7 Å². The summed E-state index contributed by atoms with van der Waals surface area (Å²) in [6, 6.07) is 0. The fraction of sp³-hybridized carbons (Fsp3) is 0.946. The third-order valence-corrected chi connectivity index (χ3v) is 7.40. The van der Waals surface area contributed by atoms with Crippen LogP contribution in [0, 0.1) is 0 Å². The van der Waals surface area contributed by atoms with E-state index in [1.165, 1.54) is 77.7 Å². The average Bonchev–Trinajstić information content (AvgIpc) is 3.12. The summed E-state index contributed by atoms with van der Waals surface area (Å²) < 4.78 is 58.3. The Bertz CT molecular complexity index is 684. The van der Waals surface area contributed by atoms with Crippen molar-refractivity contribution in [3.8, 4) is 0 Å². The number of methoxy groups -OCH3 is 1. The van der Waals surface area contributed by atoms with Gasteiger partial charge in [-0.3, -0.25) is 4.79 Å².